The van der Waals surface area contributed by atoms with E-state index < -0.39 is 0 Å². The van der Waals surface area contributed by atoms with Crippen molar-refractivity contribution in [3.8, 4) is 0 Å². The highest BCUT2D eigenvalue weighted by molar-refractivity contribution is 5.78. The summed E-state index contributed by atoms with van der Waals surface area (Å²) in [4.78, 5) is 14.0. The lowest BCUT2D eigenvalue weighted by molar-refractivity contribution is -0.125. The Balaban J connectivity index is 1.67. The number of nitrogens with two attached hydrogens (primary N) is 1. The van der Waals surface area contributed by atoms with Crippen LogP contribution in [-0.2, 0) is 9.53 Å². The first-order chi connectivity index (χ1) is 8.49. The van der Waals surface area contributed by atoms with Crippen LogP contribution in [0.15, 0.2) is 0 Å². The van der Waals surface area contributed by atoms with Crippen LogP contribution in [0.4, 0.5) is 0 Å². The highest BCUT2D eigenvalue weighted by Gasteiger charge is 2.42. The maximum atomic E-state index is 11.9. The molecule has 0 bridgehead atoms. The Labute approximate surface area is 109 Å². The normalized spacial score (nSPS) is 24.9. The molecule has 2 aliphatic rings. The quantitative estimate of drug-likeness (QED) is 0.739. The lowest BCUT2D eigenvalue weighted by Crippen LogP contribution is -2.70. The van der Waals surface area contributed by atoms with Crippen molar-refractivity contribution in [2.45, 2.75) is 38.3 Å². The zero-order chi connectivity index (χ0) is 13.2. The monoisotopic (exact) mass is 255 g/mol. The summed E-state index contributed by atoms with van der Waals surface area (Å²) in [6.07, 6.45) is 1.86. The number of ether oxygens (including phenoxy) is 1. The molecule has 0 aliphatic carbocycles. The van der Waals surface area contributed by atoms with E-state index >= 15 is 0 Å². The van der Waals surface area contributed by atoms with Gasteiger partial charge < -0.3 is 15.8 Å². The van der Waals surface area contributed by atoms with Crippen LogP contribution in [-0.4, -0.2) is 55.2 Å². The van der Waals surface area contributed by atoms with Gasteiger partial charge in [0.1, 0.15) is 0 Å². The Morgan fingerprint density at radius 1 is 1.44 bits per heavy atom. The number of nitrogens with one attached hydrogen (secondary N) is 1. The van der Waals surface area contributed by atoms with E-state index in [4.69, 9.17) is 10.5 Å². The standard InChI is InChI=1S/C13H25N3O2/c1-10(2)13(14)8-16(9-13)7-12(17)15-11-3-5-18-6-4-11/h10-11H,3-9,14H2,1-2H3,(H,15,17). The SMILES string of the molecule is CC(C)C1(N)CN(CC(=O)NC2CCOCC2)C1. The van der Waals surface area contributed by atoms with Gasteiger partial charge in [-0.1, -0.05) is 13.8 Å². The van der Waals surface area contributed by atoms with Gasteiger partial charge in [-0.15, -0.1) is 0 Å². The fourth-order valence-electron chi connectivity index (χ4n) is 2.58. The number of hydrogen-bond acceptors (Lipinski definition) is 4. The van der Waals surface area contributed by atoms with E-state index in [-0.39, 0.29) is 11.4 Å². The Kier molecular flexibility index (Phi) is 4.25. The van der Waals surface area contributed by atoms with E-state index in [0.29, 0.717) is 18.5 Å². The van der Waals surface area contributed by atoms with Gasteiger partial charge in [0, 0.05) is 37.9 Å². The molecule has 2 aliphatic heterocycles. The molecule has 0 radical (unpaired) electrons. The van der Waals surface area contributed by atoms with Gasteiger partial charge in [0.25, 0.3) is 0 Å². The minimum absolute atomic E-state index is 0.0983. The molecule has 0 aromatic heterocycles. The average Bonchev–Trinajstić information content (AvgIpc) is 2.27. The topological polar surface area (TPSA) is 67.6 Å². The summed E-state index contributed by atoms with van der Waals surface area (Å²) in [6.45, 7) is 7.92. The molecule has 2 heterocycles. The van der Waals surface area contributed by atoms with Crippen LogP contribution >= 0.6 is 0 Å². The molecule has 2 fully saturated rings. The molecule has 0 spiro atoms. The van der Waals surface area contributed by atoms with E-state index in [2.05, 4.69) is 24.1 Å². The van der Waals surface area contributed by atoms with Crippen LogP contribution in [0.25, 0.3) is 0 Å². The van der Waals surface area contributed by atoms with Crippen molar-refractivity contribution < 1.29 is 9.53 Å². The van der Waals surface area contributed by atoms with Crippen molar-refractivity contribution in [3.05, 3.63) is 0 Å². The zero-order valence-corrected chi connectivity index (χ0v) is 11.4. The van der Waals surface area contributed by atoms with Gasteiger partial charge in [0.05, 0.1) is 6.54 Å². The Morgan fingerprint density at radius 2 is 2.06 bits per heavy atom. The van der Waals surface area contributed by atoms with Gasteiger partial charge >= 0.3 is 0 Å². The van der Waals surface area contributed by atoms with Gasteiger partial charge in [-0.25, -0.2) is 0 Å². The lowest BCUT2D eigenvalue weighted by Gasteiger charge is -2.50. The molecule has 5 nitrogen and oxygen atoms in total. The molecule has 2 rings (SSSR count). The van der Waals surface area contributed by atoms with Crippen LogP contribution in [0, 0.1) is 5.92 Å². The van der Waals surface area contributed by atoms with E-state index in [0.717, 1.165) is 39.1 Å². The van der Waals surface area contributed by atoms with Crippen molar-refractivity contribution in [2.24, 2.45) is 11.7 Å². The van der Waals surface area contributed by atoms with Crippen LogP contribution in [0.3, 0.4) is 0 Å². The van der Waals surface area contributed by atoms with Gasteiger partial charge in [-0.2, -0.15) is 0 Å². The third-order valence-electron chi connectivity index (χ3n) is 4.14. The molecular formula is C13H25N3O2. The van der Waals surface area contributed by atoms with Gasteiger partial charge in [0.2, 0.25) is 5.91 Å². The second-order valence-corrected chi connectivity index (χ2v) is 5.99. The van der Waals surface area contributed by atoms with Crippen LogP contribution in [0.1, 0.15) is 26.7 Å². The molecule has 104 valence electrons. The van der Waals surface area contributed by atoms with E-state index in [1.165, 1.54) is 0 Å². The summed E-state index contributed by atoms with van der Waals surface area (Å²) in [5.74, 6) is 0.583. The summed E-state index contributed by atoms with van der Waals surface area (Å²) < 4.78 is 5.27. The zero-order valence-electron chi connectivity index (χ0n) is 11.4. The van der Waals surface area contributed by atoms with Gasteiger partial charge in [0.15, 0.2) is 0 Å². The number of hydrogen-bond donors (Lipinski definition) is 2. The average molecular weight is 255 g/mol. The Hall–Kier alpha value is -0.650. The predicted octanol–water partition coefficient (Wildman–Crippen LogP) is -0.0493. The summed E-state index contributed by atoms with van der Waals surface area (Å²) in [7, 11) is 0. The molecule has 5 heteroatoms. The molecule has 2 saturated heterocycles. The number of carbonyl (C=O) groups is 1. The lowest BCUT2D eigenvalue weighted by atomic mass is 9.80. The second-order valence-electron chi connectivity index (χ2n) is 5.99. The van der Waals surface area contributed by atoms with Gasteiger partial charge in [-0.3, -0.25) is 9.69 Å². The minimum atomic E-state index is -0.0983. The third kappa shape index (κ3) is 3.22. The number of likely N-dealkylation sites (tertiary alicyclic amines) is 1. The number of amides is 1. The molecule has 0 aromatic rings. The molecule has 0 saturated carbocycles. The van der Waals surface area contributed by atoms with Crippen LogP contribution < -0.4 is 11.1 Å². The first-order valence-electron chi connectivity index (χ1n) is 6.88. The smallest absolute Gasteiger partial charge is 0.234 e. The fraction of sp³-hybridized carbons (Fsp3) is 0.923. The third-order valence-corrected chi connectivity index (χ3v) is 4.14. The van der Waals surface area contributed by atoms with E-state index in [1.54, 1.807) is 0 Å². The maximum absolute atomic E-state index is 11.9. The first-order valence-corrected chi connectivity index (χ1v) is 6.88. The Morgan fingerprint density at radius 3 is 2.61 bits per heavy atom. The molecule has 0 aromatic carbocycles. The first kappa shape index (κ1) is 13.8. The highest BCUT2D eigenvalue weighted by atomic mass is 16.5. The predicted molar refractivity (Wildman–Crippen MR) is 70.2 cm³/mol. The fourth-order valence-corrected chi connectivity index (χ4v) is 2.58. The van der Waals surface area contributed by atoms with Crippen molar-refractivity contribution >= 4 is 5.91 Å². The Bertz CT molecular complexity index is 295. The van der Waals surface area contributed by atoms with E-state index in [1.807, 2.05) is 0 Å². The van der Waals surface area contributed by atoms with Crippen LogP contribution in [0.5, 0.6) is 0 Å². The number of rotatable bonds is 4. The molecule has 1 amide bonds. The number of nitrogens with zero attached hydrogens (tertiary/aromatic N) is 1. The number of carbonyl (C=O) groups excluding carboxylic acids is 1. The maximum Gasteiger partial charge on any atom is 0.234 e. The summed E-state index contributed by atoms with van der Waals surface area (Å²) in [5.41, 5.74) is 6.11. The van der Waals surface area contributed by atoms with Crippen molar-refractivity contribution in [1.82, 2.24) is 10.2 Å². The molecule has 3 N–H and O–H groups in total. The molecule has 0 unspecified atom stereocenters. The van der Waals surface area contributed by atoms with Crippen molar-refractivity contribution in [3.63, 3.8) is 0 Å². The van der Waals surface area contributed by atoms with Gasteiger partial charge in [-0.05, 0) is 18.8 Å². The van der Waals surface area contributed by atoms with E-state index in [9.17, 15) is 4.79 Å². The second kappa shape index (κ2) is 5.55. The highest BCUT2D eigenvalue weighted by Crippen LogP contribution is 2.25. The summed E-state index contributed by atoms with van der Waals surface area (Å²) in [6, 6.07) is 0.292. The summed E-state index contributed by atoms with van der Waals surface area (Å²) in [5, 5.41) is 3.07. The molecule has 0 atom stereocenters. The largest absolute Gasteiger partial charge is 0.381 e. The minimum Gasteiger partial charge on any atom is -0.381 e. The molecular weight excluding hydrogens is 230 g/mol. The molecule has 18 heavy (non-hydrogen) atoms. The van der Waals surface area contributed by atoms with Crippen molar-refractivity contribution in [1.29, 1.82) is 0 Å². The summed E-state index contributed by atoms with van der Waals surface area (Å²) >= 11 is 0. The van der Waals surface area contributed by atoms with Crippen LogP contribution in [0.2, 0.25) is 0 Å². The van der Waals surface area contributed by atoms with Crippen molar-refractivity contribution in [2.75, 3.05) is 32.8 Å².